The highest BCUT2D eigenvalue weighted by Crippen LogP contribution is 2.13. The van der Waals surface area contributed by atoms with Crippen LogP contribution in [0.3, 0.4) is 0 Å². The maximum atomic E-state index is 13.6. The van der Waals surface area contributed by atoms with E-state index in [1.54, 1.807) is 24.3 Å². The summed E-state index contributed by atoms with van der Waals surface area (Å²) in [6.45, 7) is 2.14. The van der Waals surface area contributed by atoms with Crippen LogP contribution < -0.4 is 10.1 Å². The molecule has 2 amide bonds. The average molecular weight is 362 g/mol. The van der Waals surface area contributed by atoms with Crippen molar-refractivity contribution in [2.75, 3.05) is 20.2 Å². The van der Waals surface area contributed by atoms with Crippen LogP contribution in [0.25, 0.3) is 0 Å². The largest absolute Gasteiger partial charge is 0.494 e. The molecule has 0 aliphatic heterocycles. The molecule has 2 aromatic rings. The quantitative estimate of drug-likeness (QED) is 0.824. The van der Waals surface area contributed by atoms with Gasteiger partial charge in [0.25, 0.3) is 5.91 Å². The summed E-state index contributed by atoms with van der Waals surface area (Å²) >= 11 is 0. The van der Waals surface area contributed by atoms with E-state index in [4.69, 9.17) is 4.74 Å². The molecule has 1 N–H and O–H groups in total. The van der Waals surface area contributed by atoms with Gasteiger partial charge >= 0.3 is 0 Å². The van der Waals surface area contributed by atoms with Gasteiger partial charge in [0.05, 0.1) is 13.2 Å². The summed E-state index contributed by atoms with van der Waals surface area (Å²) in [4.78, 5) is 25.4. The minimum atomic E-state index is -0.719. The van der Waals surface area contributed by atoms with Crippen LogP contribution in [0.5, 0.6) is 5.75 Å². The smallest absolute Gasteiger partial charge is 0.251 e. The minimum absolute atomic E-state index is 0.0239. The topological polar surface area (TPSA) is 58.6 Å². The Hall–Kier alpha value is -2.96. The van der Waals surface area contributed by atoms with E-state index in [1.807, 2.05) is 6.92 Å². The maximum absolute atomic E-state index is 13.6. The molecule has 0 radical (unpaired) electrons. The van der Waals surface area contributed by atoms with Crippen molar-refractivity contribution in [1.82, 2.24) is 10.2 Å². The van der Waals surface area contributed by atoms with Crippen LogP contribution in [0.2, 0.25) is 0 Å². The molecule has 0 aliphatic carbocycles. The van der Waals surface area contributed by atoms with E-state index >= 15 is 0 Å². The molecular formula is C19H20F2N2O3. The molecular weight excluding hydrogens is 342 g/mol. The molecule has 2 rings (SSSR count). The Balaban J connectivity index is 1.87. The fraction of sp³-hybridized carbons (Fsp3) is 0.263. The van der Waals surface area contributed by atoms with Crippen LogP contribution in [0, 0.1) is 11.6 Å². The van der Waals surface area contributed by atoms with E-state index in [0.29, 0.717) is 17.9 Å². The number of rotatable bonds is 7. The lowest BCUT2D eigenvalue weighted by atomic mass is 10.2. The number of hydrogen-bond acceptors (Lipinski definition) is 3. The van der Waals surface area contributed by atoms with Gasteiger partial charge in [-0.05, 0) is 37.3 Å². The summed E-state index contributed by atoms with van der Waals surface area (Å²) in [7, 11) is 1.48. The van der Waals surface area contributed by atoms with Crippen LogP contribution in [0.1, 0.15) is 22.8 Å². The fourth-order valence-electron chi connectivity index (χ4n) is 2.26. The van der Waals surface area contributed by atoms with E-state index < -0.39 is 23.4 Å². The Bertz CT molecular complexity index is 779. The third-order valence-electron chi connectivity index (χ3n) is 3.68. The van der Waals surface area contributed by atoms with Crippen LogP contribution in [-0.4, -0.2) is 36.9 Å². The summed E-state index contributed by atoms with van der Waals surface area (Å²) in [5.74, 6) is -1.54. The Morgan fingerprint density at radius 2 is 1.81 bits per heavy atom. The zero-order valence-electron chi connectivity index (χ0n) is 14.6. The van der Waals surface area contributed by atoms with Crippen molar-refractivity contribution >= 4 is 11.8 Å². The molecule has 2 aromatic carbocycles. The Kier molecular flexibility index (Phi) is 6.66. The summed E-state index contributed by atoms with van der Waals surface area (Å²) in [6.07, 6.45) is 0. The van der Waals surface area contributed by atoms with E-state index in [1.165, 1.54) is 18.0 Å². The lowest BCUT2D eigenvalue weighted by Gasteiger charge is -2.18. The molecule has 0 saturated carbocycles. The molecule has 0 heterocycles. The molecule has 138 valence electrons. The predicted octanol–water partition coefficient (Wildman–Crippen LogP) is 2.75. The van der Waals surface area contributed by atoms with Crippen LogP contribution in [-0.2, 0) is 11.3 Å². The summed E-state index contributed by atoms with van der Waals surface area (Å²) in [6, 6.07) is 9.72. The van der Waals surface area contributed by atoms with Crippen molar-refractivity contribution in [2.24, 2.45) is 0 Å². The number of nitrogens with zero attached hydrogens (tertiary/aromatic N) is 1. The summed E-state index contributed by atoms with van der Waals surface area (Å²) in [5.41, 5.74) is 0.591. The first kappa shape index (κ1) is 19.4. The highest BCUT2D eigenvalue weighted by molar-refractivity contribution is 5.96. The number of carbonyl (C=O) groups is 2. The van der Waals surface area contributed by atoms with Crippen molar-refractivity contribution in [3.63, 3.8) is 0 Å². The predicted molar refractivity (Wildman–Crippen MR) is 92.8 cm³/mol. The van der Waals surface area contributed by atoms with Gasteiger partial charge in [0.15, 0.2) is 0 Å². The van der Waals surface area contributed by atoms with Crippen LogP contribution >= 0.6 is 0 Å². The second kappa shape index (κ2) is 8.94. The van der Waals surface area contributed by atoms with Crippen LogP contribution in [0.15, 0.2) is 42.5 Å². The number of halogens is 2. The number of ether oxygens (including phenoxy) is 1. The lowest BCUT2D eigenvalue weighted by molar-refractivity contribution is -0.129. The van der Waals surface area contributed by atoms with Gasteiger partial charge in [-0.15, -0.1) is 0 Å². The first-order valence-electron chi connectivity index (χ1n) is 8.09. The zero-order chi connectivity index (χ0) is 19.1. The third-order valence-corrected chi connectivity index (χ3v) is 3.68. The van der Waals surface area contributed by atoms with E-state index in [0.717, 1.165) is 12.1 Å². The lowest BCUT2D eigenvalue weighted by Crippen LogP contribution is -2.37. The van der Waals surface area contributed by atoms with Gasteiger partial charge in [0.1, 0.15) is 17.4 Å². The molecule has 0 bridgehead atoms. The Labute approximate surface area is 150 Å². The number of amides is 2. The molecule has 7 heteroatoms. The number of carbonyl (C=O) groups excluding carboxylic acids is 2. The first-order valence-corrected chi connectivity index (χ1v) is 8.09. The molecule has 0 saturated heterocycles. The Morgan fingerprint density at radius 3 is 2.42 bits per heavy atom. The van der Waals surface area contributed by atoms with Gasteiger partial charge in [-0.1, -0.05) is 6.07 Å². The van der Waals surface area contributed by atoms with Gasteiger partial charge in [-0.3, -0.25) is 9.59 Å². The number of benzene rings is 2. The molecule has 5 nitrogen and oxygen atoms in total. The molecule has 0 spiro atoms. The first-order chi connectivity index (χ1) is 12.4. The van der Waals surface area contributed by atoms with E-state index in [-0.39, 0.29) is 18.7 Å². The van der Waals surface area contributed by atoms with Gasteiger partial charge in [0.2, 0.25) is 5.91 Å². The van der Waals surface area contributed by atoms with Gasteiger partial charge in [-0.2, -0.15) is 0 Å². The normalized spacial score (nSPS) is 10.3. The fourth-order valence-corrected chi connectivity index (χ4v) is 2.26. The molecule has 0 atom stereocenters. The zero-order valence-corrected chi connectivity index (χ0v) is 14.6. The molecule has 26 heavy (non-hydrogen) atoms. The monoisotopic (exact) mass is 362 g/mol. The molecule has 0 unspecified atom stereocenters. The summed E-state index contributed by atoms with van der Waals surface area (Å²) in [5, 5.41) is 2.52. The second-order valence-electron chi connectivity index (χ2n) is 5.63. The standard InChI is InChI=1S/C19H20F2N2O3/c1-3-26-16-8-5-13(6-9-16)19(25)22-11-18(24)23(2)12-14-4-7-15(20)10-17(14)21/h4-10H,3,11-12H2,1-2H3,(H,22,25). The van der Waals surface area contributed by atoms with Crippen molar-refractivity contribution < 1.29 is 23.1 Å². The SMILES string of the molecule is CCOc1ccc(C(=O)NCC(=O)N(C)Cc2ccc(F)cc2F)cc1. The average Bonchev–Trinajstić information content (AvgIpc) is 2.62. The molecule has 0 fully saturated rings. The van der Waals surface area contributed by atoms with E-state index in [2.05, 4.69) is 5.32 Å². The van der Waals surface area contributed by atoms with Gasteiger partial charge < -0.3 is 15.0 Å². The van der Waals surface area contributed by atoms with E-state index in [9.17, 15) is 18.4 Å². The number of likely N-dealkylation sites (N-methyl/N-ethyl adjacent to an activating group) is 1. The number of hydrogen-bond donors (Lipinski definition) is 1. The maximum Gasteiger partial charge on any atom is 0.251 e. The molecule has 0 aliphatic rings. The third kappa shape index (κ3) is 5.27. The van der Waals surface area contributed by atoms with Crippen LogP contribution in [0.4, 0.5) is 8.78 Å². The van der Waals surface area contributed by atoms with Crippen molar-refractivity contribution in [1.29, 1.82) is 0 Å². The molecule has 0 aromatic heterocycles. The second-order valence-corrected chi connectivity index (χ2v) is 5.63. The summed E-state index contributed by atoms with van der Waals surface area (Å²) < 4.78 is 31.8. The number of nitrogens with one attached hydrogen (secondary N) is 1. The van der Waals surface area contributed by atoms with Crippen molar-refractivity contribution in [2.45, 2.75) is 13.5 Å². The van der Waals surface area contributed by atoms with Gasteiger partial charge in [0, 0.05) is 30.8 Å². The Morgan fingerprint density at radius 1 is 1.12 bits per heavy atom. The van der Waals surface area contributed by atoms with Gasteiger partial charge in [-0.25, -0.2) is 8.78 Å². The van der Waals surface area contributed by atoms with Crippen molar-refractivity contribution in [3.05, 3.63) is 65.2 Å². The highest BCUT2D eigenvalue weighted by atomic mass is 19.1. The van der Waals surface area contributed by atoms with Crippen molar-refractivity contribution in [3.8, 4) is 5.75 Å². The highest BCUT2D eigenvalue weighted by Gasteiger charge is 2.14. The minimum Gasteiger partial charge on any atom is -0.494 e.